The molecule has 0 saturated carbocycles. The maximum absolute atomic E-state index is 11.9. The molecule has 21 heavy (non-hydrogen) atoms. The van der Waals surface area contributed by atoms with E-state index < -0.39 is 26.7 Å². The molecule has 0 radical (unpaired) electrons. The van der Waals surface area contributed by atoms with Crippen molar-refractivity contribution >= 4 is 15.8 Å². The zero-order valence-corrected chi connectivity index (χ0v) is 14.2. The fourth-order valence-electron chi connectivity index (χ4n) is 1.54. The van der Waals surface area contributed by atoms with Crippen LogP contribution in [0, 0.1) is 6.92 Å². The predicted octanol–water partition coefficient (Wildman–Crippen LogP) is 1.37. The van der Waals surface area contributed by atoms with Crippen LogP contribution in [0.4, 0.5) is 0 Å². The Morgan fingerprint density at radius 3 is 2.38 bits per heavy atom. The van der Waals surface area contributed by atoms with Crippen molar-refractivity contribution < 1.29 is 17.9 Å². The summed E-state index contributed by atoms with van der Waals surface area (Å²) in [6.45, 7) is 10.4. The molecule has 0 N–H and O–H groups in total. The highest BCUT2D eigenvalue weighted by molar-refractivity contribution is 7.91. The van der Waals surface area contributed by atoms with E-state index in [0.29, 0.717) is 5.69 Å². The predicted molar refractivity (Wildman–Crippen MR) is 78.9 cm³/mol. The van der Waals surface area contributed by atoms with Crippen molar-refractivity contribution in [2.24, 2.45) is 0 Å². The molecule has 7 nitrogen and oxygen atoms in total. The minimum Gasteiger partial charge on any atom is -0.455 e. The molecule has 0 saturated heterocycles. The smallest absolute Gasteiger partial charge is 0.361 e. The Bertz CT molecular complexity index is 612. The van der Waals surface area contributed by atoms with Crippen LogP contribution in [0.1, 0.15) is 50.8 Å². The minimum atomic E-state index is -3.16. The summed E-state index contributed by atoms with van der Waals surface area (Å²) in [6, 6.07) is 0. The van der Waals surface area contributed by atoms with Gasteiger partial charge in [-0.2, -0.15) is 0 Å². The number of carbonyl (C=O) groups is 1. The van der Waals surface area contributed by atoms with Crippen LogP contribution < -0.4 is 0 Å². The van der Waals surface area contributed by atoms with Gasteiger partial charge in [0, 0.05) is 0 Å². The monoisotopic (exact) mass is 317 g/mol. The molecule has 0 aliphatic carbocycles. The van der Waals surface area contributed by atoms with Crippen LogP contribution in [0.3, 0.4) is 0 Å². The number of aryl methyl sites for hydroxylation is 1. The Morgan fingerprint density at radius 2 is 1.90 bits per heavy atom. The van der Waals surface area contributed by atoms with E-state index in [4.69, 9.17) is 4.74 Å². The zero-order valence-electron chi connectivity index (χ0n) is 13.4. The standard InChI is InChI=1S/C13H23N3O4S/c1-9(2)21(18,19)8-7-16-10(3)11(14-15-16)12(17)20-13(4,5)6/h9H,7-8H2,1-6H3. The average molecular weight is 317 g/mol. The van der Waals surface area contributed by atoms with Crippen LogP contribution in [0.15, 0.2) is 0 Å². The van der Waals surface area contributed by atoms with E-state index in [2.05, 4.69) is 10.3 Å². The number of rotatable bonds is 5. The van der Waals surface area contributed by atoms with Crippen molar-refractivity contribution in [2.75, 3.05) is 5.75 Å². The first-order valence-electron chi connectivity index (χ1n) is 6.79. The second-order valence-electron chi connectivity index (χ2n) is 6.16. The summed E-state index contributed by atoms with van der Waals surface area (Å²) < 4.78 is 30.2. The lowest BCUT2D eigenvalue weighted by molar-refractivity contribution is 0.00618. The number of esters is 1. The maximum Gasteiger partial charge on any atom is 0.361 e. The van der Waals surface area contributed by atoms with E-state index in [1.807, 2.05) is 0 Å². The molecule has 0 amide bonds. The van der Waals surface area contributed by atoms with E-state index in [1.54, 1.807) is 41.5 Å². The third-order valence-corrected chi connectivity index (χ3v) is 5.07. The third-order valence-electron chi connectivity index (χ3n) is 2.88. The van der Waals surface area contributed by atoms with Crippen molar-refractivity contribution in [3.05, 3.63) is 11.4 Å². The Balaban J connectivity index is 2.84. The third kappa shape index (κ3) is 4.80. The van der Waals surface area contributed by atoms with Crippen LogP contribution in [0.25, 0.3) is 0 Å². The van der Waals surface area contributed by atoms with Crippen LogP contribution in [0.5, 0.6) is 0 Å². The number of hydrogen-bond acceptors (Lipinski definition) is 6. The fraction of sp³-hybridized carbons (Fsp3) is 0.769. The molecule has 0 atom stereocenters. The molecule has 1 aromatic heterocycles. The highest BCUT2D eigenvalue weighted by Gasteiger charge is 2.24. The summed E-state index contributed by atoms with van der Waals surface area (Å²) in [5, 5.41) is 7.18. The average Bonchev–Trinajstić information content (AvgIpc) is 2.65. The second kappa shape index (κ2) is 6.13. The largest absolute Gasteiger partial charge is 0.455 e. The number of ether oxygens (including phenoxy) is 1. The molecule has 120 valence electrons. The van der Waals surface area contributed by atoms with Gasteiger partial charge in [-0.1, -0.05) is 5.21 Å². The summed E-state index contributed by atoms with van der Waals surface area (Å²) >= 11 is 0. The van der Waals surface area contributed by atoms with Crippen molar-refractivity contribution in [1.82, 2.24) is 15.0 Å². The van der Waals surface area contributed by atoms with Crippen LogP contribution in [0.2, 0.25) is 0 Å². The summed E-state index contributed by atoms with van der Waals surface area (Å²) in [5.74, 6) is -0.597. The minimum absolute atomic E-state index is 0.0391. The SMILES string of the molecule is Cc1c(C(=O)OC(C)(C)C)nnn1CCS(=O)(=O)C(C)C. The summed E-state index contributed by atoms with van der Waals surface area (Å²) in [6.07, 6.45) is 0. The van der Waals surface area contributed by atoms with E-state index in [1.165, 1.54) is 4.68 Å². The van der Waals surface area contributed by atoms with Crippen molar-refractivity contribution in [2.45, 2.75) is 58.9 Å². The Hall–Kier alpha value is -1.44. The van der Waals surface area contributed by atoms with Gasteiger partial charge in [0.25, 0.3) is 0 Å². The van der Waals surface area contributed by atoms with Crippen molar-refractivity contribution in [3.63, 3.8) is 0 Å². The Kier molecular flexibility index (Phi) is 5.14. The van der Waals surface area contributed by atoms with Gasteiger partial charge in [-0.3, -0.25) is 0 Å². The van der Waals surface area contributed by atoms with Gasteiger partial charge < -0.3 is 4.74 Å². The number of sulfone groups is 1. The molecule has 1 aromatic rings. The topological polar surface area (TPSA) is 91.2 Å². The lowest BCUT2D eigenvalue weighted by atomic mass is 10.2. The van der Waals surface area contributed by atoms with Crippen LogP contribution in [-0.4, -0.2) is 46.0 Å². The van der Waals surface area contributed by atoms with Crippen molar-refractivity contribution in [1.29, 1.82) is 0 Å². The van der Waals surface area contributed by atoms with Gasteiger partial charge in [0.1, 0.15) is 5.60 Å². The number of nitrogens with zero attached hydrogens (tertiary/aromatic N) is 3. The van der Waals surface area contributed by atoms with Gasteiger partial charge in [-0.05, 0) is 41.5 Å². The molecule has 0 aliphatic rings. The Labute approximate surface area is 125 Å². The lowest BCUT2D eigenvalue weighted by Gasteiger charge is -2.18. The van der Waals surface area contributed by atoms with Gasteiger partial charge in [-0.25, -0.2) is 17.9 Å². The molecule has 0 unspecified atom stereocenters. The van der Waals surface area contributed by atoms with Crippen LogP contribution >= 0.6 is 0 Å². The zero-order chi connectivity index (χ0) is 16.4. The normalized spacial score (nSPS) is 12.7. The molecule has 0 aliphatic heterocycles. The summed E-state index contributed by atoms with van der Waals surface area (Å²) in [7, 11) is -3.16. The van der Waals surface area contributed by atoms with Crippen LogP contribution in [-0.2, 0) is 21.1 Å². The van der Waals surface area contributed by atoms with E-state index >= 15 is 0 Å². The molecular formula is C13H23N3O4S. The lowest BCUT2D eigenvalue weighted by Crippen LogP contribution is -2.25. The summed E-state index contributed by atoms with van der Waals surface area (Å²) in [4.78, 5) is 11.9. The highest BCUT2D eigenvalue weighted by atomic mass is 32.2. The molecule has 0 bridgehead atoms. The van der Waals surface area contributed by atoms with Gasteiger partial charge in [0.15, 0.2) is 15.5 Å². The Morgan fingerprint density at radius 1 is 1.33 bits per heavy atom. The maximum atomic E-state index is 11.9. The molecular weight excluding hydrogens is 294 g/mol. The second-order valence-corrected chi connectivity index (χ2v) is 8.84. The number of hydrogen-bond donors (Lipinski definition) is 0. The first-order chi connectivity index (χ1) is 9.44. The molecule has 0 aromatic carbocycles. The molecule has 8 heteroatoms. The first kappa shape index (κ1) is 17.6. The van der Waals surface area contributed by atoms with Gasteiger partial charge in [0.2, 0.25) is 0 Å². The van der Waals surface area contributed by atoms with Gasteiger partial charge in [0.05, 0.1) is 23.2 Å². The first-order valence-corrected chi connectivity index (χ1v) is 8.50. The summed E-state index contributed by atoms with van der Waals surface area (Å²) in [5.41, 5.74) is 0.00366. The van der Waals surface area contributed by atoms with Crippen molar-refractivity contribution in [3.8, 4) is 0 Å². The molecule has 0 fully saturated rings. The van der Waals surface area contributed by atoms with E-state index in [-0.39, 0.29) is 18.0 Å². The number of aromatic nitrogens is 3. The highest BCUT2D eigenvalue weighted by Crippen LogP contribution is 2.13. The molecule has 1 rings (SSSR count). The molecule has 0 spiro atoms. The van der Waals surface area contributed by atoms with E-state index in [9.17, 15) is 13.2 Å². The quantitative estimate of drug-likeness (QED) is 0.762. The number of carbonyl (C=O) groups excluding carboxylic acids is 1. The fourth-order valence-corrected chi connectivity index (χ4v) is 2.44. The van der Waals surface area contributed by atoms with E-state index in [0.717, 1.165) is 0 Å². The van der Waals surface area contributed by atoms with Gasteiger partial charge >= 0.3 is 5.97 Å². The molecule has 1 heterocycles. The van der Waals surface area contributed by atoms with Gasteiger partial charge in [-0.15, -0.1) is 5.10 Å².